The molecule has 21 heavy (non-hydrogen) atoms. The van der Waals surface area contributed by atoms with Gasteiger partial charge in [0.1, 0.15) is 12.6 Å². The summed E-state index contributed by atoms with van der Waals surface area (Å²) in [5.74, 6) is -1.86. The molecule has 9 heteroatoms. The minimum absolute atomic E-state index is 0.0513. The van der Waals surface area contributed by atoms with Crippen molar-refractivity contribution in [3.63, 3.8) is 0 Å². The minimum atomic E-state index is -1.13. The number of nitrogens with one attached hydrogen (secondary N) is 1. The predicted octanol–water partition coefficient (Wildman–Crippen LogP) is -1.50. The van der Waals surface area contributed by atoms with E-state index in [1.54, 1.807) is 0 Å². The average Bonchev–Trinajstić information content (AvgIpc) is 2.46. The number of ether oxygens (including phenoxy) is 3. The van der Waals surface area contributed by atoms with Crippen LogP contribution in [0, 0.1) is 0 Å². The zero-order valence-electron chi connectivity index (χ0n) is 12.0. The second-order valence-electron chi connectivity index (χ2n) is 4.07. The number of esters is 1. The summed E-state index contributed by atoms with van der Waals surface area (Å²) in [6.07, 6.45) is 0.138. The lowest BCUT2D eigenvalue weighted by molar-refractivity contribution is -0.146. The maximum absolute atomic E-state index is 11.3. The van der Waals surface area contributed by atoms with Gasteiger partial charge in [-0.1, -0.05) is 0 Å². The van der Waals surface area contributed by atoms with Crippen LogP contribution < -0.4 is 11.1 Å². The van der Waals surface area contributed by atoms with Gasteiger partial charge in [0.2, 0.25) is 5.91 Å². The Morgan fingerprint density at radius 3 is 2.48 bits per heavy atom. The molecule has 0 aliphatic rings. The lowest BCUT2D eigenvalue weighted by Gasteiger charge is -2.08. The molecule has 0 aliphatic carbocycles. The van der Waals surface area contributed by atoms with Crippen molar-refractivity contribution in [2.75, 3.05) is 40.1 Å². The van der Waals surface area contributed by atoms with Gasteiger partial charge >= 0.3 is 11.9 Å². The van der Waals surface area contributed by atoms with E-state index < -0.39 is 18.0 Å². The van der Waals surface area contributed by atoms with Gasteiger partial charge in [0.25, 0.3) is 0 Å². The third-order valence-electron chi connectivity index (χ3n) is 2.39. The standard InChI is InChI=1S/C12H22N2O7/c1-19-11(16)8-21-7-6-20-5-4-14-10(15)3-2-9(13)12(17)18/h9H,2-8,13H2,1H3,(H,14,15)(H,17,18). The first-order valence-corrected chi connectivity index (χ1v) is 6.44. The molecule has 0 fully saturated rings. The number of carbonyl (C=O) groups excluding carboxylic acids is 2. The monoisotopic (exact) mass is 306 g/mol. The van der Waals surface area contributed by atoms with Gasteiger partial charge in [-0.25, -0.2) is 4.79 Å². The number of carboxylic acids is 1. The molecule has 4 N–H and O–H groups in total. The number of carboxylic acid groups (broad SMARTS) is 1. The fourth-order valence-corrected chi connectivity index (χ4v) is 1.20. The van der Waals surface area contributed by atoms with Crippen LogP contribution in [0.5, 0.6) is 0 Å². The van der Waals surface area contributed by atoms with E-state index in [9.17, 15) is 14.4 Å². The largest absolute Gasteiger partial charge is 0.480 e. The molecule has 0 radical (unpaired) electrons. The van der Waals surface area contributed by atoms with Crippen LogP contribution in [0.1, 0.15) is 12.8 Å². The van der Waals surface area contributed by atoms with Gasteiger partial charge in [0.05, 0.1) is 26.9 Å². The summed E-state index contributed by atoms with van der Waals surface area (Å²) in [4.78, 5) is 32.5. The normalized spacial score (nSPS) is 11.7. The molecule has 0 aliphatic heterocycles. The molecule has 0 heterocycles. The minimum Gasteiger partial charge on any atom is -0.480 e. The molecule has 1 atom stereocenters. The van der Waals surface area contributed by atoms with Gasteiger partial charge in [-0.15, -0.1) is 0 Å². The summed E-state index contributed by atoms with van der Waals surface area (Å²) in [5.41, 5.74) is 5.27. The Labute approximate surface area is 122 Å². The first-order chi connectivity index (χ1) is 9.97. The van der Waals surface area contributed by atoms with Crippen LogP contribution in [0.2, 0.25) is 0 Å². The summed E-state index contributed by atoms with van der Waals surface area (Å²) >= 11 is 0. The maximum atomic E-state index is 11.3. The van der Waals surface area contributed by atoms with Crippen LogP contribution >= 0.6 is 0 Å². The van der Waals surface area contributed by atoms with Gasteiger partial charge in [0, 0.05) is 13.0 Å². The van der Waals surface area contributed by atoms with Crippen LogP contribution in [0.25, 0.3) is 0 Å². The number of aliphatic carboxylic acids is 1. The van der Waals surface area contributed by atoms with E-state index >= 15 is 0 Å². The second-order valence-corrected chi connectivity index (χ2v) is 4.07. The molecule has 0 spiro atoms. The van der Waals surface area contributed by atoms with Gasteiger partial charge in [-0.2, -0.15) is 0 Å². The molecule has 0 aromatic carbocycles. The Kier molecular flexibility index (Phi) is 11.1. The van der Waals surface area contributed by atoms with E-state index in [-0.39, 0.29) is 45.2 Å². The Morgan fingerprint density at radius 2 is 1.86 bits per heavy atom. The van der Waals surface area contributed by atoms with E-state index in [0.717, 1.165) is 0 Å². The van der Waals surface area contributed by atoms with Crippen molar-refractivity contribution >= 4 is 17.8 Å². The van der Waals surface area contributed by atoms with Crippen LogP contribution in [0.15, 0.2) is 0 Å². The van der Waals surface area contributed by atoms with Crippen LogP contribution in [-0.2, 0) is 28.6 Å². The van der Waals surface area contributed by atoms with E-state index in [2.05, 4.69) is 10.1 Å². The second kappa shape index (κ2) is 12.1. The maximum Gasteiger partial charge on any atom is 0.331 e. The topological polar surface area (TPSA) is 137 Å². The summed E-state index contributed by atoms with van der Waals surface area (Å²) in [5, 5.41) is 11.1. The SMILES string of the molecule is COC(=O)COCCOCCNC(=O)CCC(N)C(=O)O. The molecule has 122 valence electrons. The molecule has 0 aromatic heterocycles. The van der Waals surface area contributed by atoms with Gasteiger partial charge < -0.3 is 30.4 Å². The van der Waals surface area contributed by atoms with Crippen molar-refractivity contribution in [3.05, 3.63) is 0 Å². The van der Waals surface area contributed by atoms with Gasteiger partial charge in [0.15, 0.2) is 0 Å². The van der Waals surface area contributed by atoms with E-state index in [0.29, 0.717) is 6.54 Å². The molecule has 0 saturated heterocycles. The molecular weight excluding hydrogens is 284 g/mol. The van der Waals surface area contributed by atoms with Crippen molar-refractivity contribution in [1.29, 1.82) is 0 Å². The van der Waals surface area contributed by atoms with E-state index in [1.807, 2.05) is 0 Å². The average molecular weight is 306 g/mol. The first-order valence-electron chi connectivity index (χ1n) is 6.44. The number of hydrogen-bond acceptors (Lipinski definition) is 7. The quantitative estimate of drug-likeness (QED) is 0.293. The Balaban J connectivity index is 3.36. The summed E-state index contributed by atoms with van der Waals surface area (Å²) in [6.45, 7) is 1.00. The van der Waals surface area contributed by atoms with Crippen molar-refractivity contribution in [2.24, 2.45) is 5.73 Å². The Bertz CT molecular complexity index is 336. The fourth-order valence-electron chi connectivity index (χ4n) is 1.20. The predicted molar refractivity (Wildman–Crippen MR) is 71.5 cm³/mol. The third kappa shape index (κ3) is 11.8. The highest BCUT2D eigenvalue weighted by Gasteiger charge is 2.12. The molecule has 0 rings (SSSR count). The highest BCUT2D eigenvalue weighted by atomic mass is 16.6. The number of nitrogens with two attached hydrogens (primary N) is 1. The van der Waals surface area contributed by atoms with Crippen LogP contribution in [0.4, 0.5) is 0 Å². The van der Waals surface area contributed by atoms with E-state index in [4.69, 9.17) is 20.3 Å². The van der Waals surface area contributed by atoms with Gasteiger partial charge in [-0.3, -0.25) is 9.59 Å². The summed E-state index contributed by atoms with van der Waals surface area (Å²) in [7, 11) is 1.27. The molecule has 0 aromatic rings. The molecule has 1 amide bonds. The third-order valence-corrected chi connectivity index (χ3v) is 2.39. The van der Waals surface area contributed by atoms with Crippen LogP contribution in [-0.4, -0.2) is 69.1 Å². The van der Waals surface area contributed by atoms with E-state index in [1.165, 1.54) is 7.11 Å². The molecule has 9 nitrogen and oxygen atoms in total. The van der Waals surface area contributed by atoms with Crippen molar-refractivity contribution in [1.82, 2.24) is 5.32 Å². The number of hydrogen-bond donors (Lipinski definition) is 3. The number of carbonyl (C=O) groups is 3. The summed E-state index contributed by atoms with van der Waals surface area (Å²) < 4.78 is 14.5. The van der Waals surface area contributed by atoms with Crippen LogP contribution in [0.3, 0.4) is 0 Å². The first kappa shape index (κ1) is 19.3. The highest BCUT2D eigenvalue weighted by Crippen LogP contribution is 1.94. The van der Waals surface area contributed by atoms with Crippen molar-refractivity contribution in [2.45, 2.75) is 18.9 Å². The lowest BCUT2D eigenvalue weighted by Crippen LogP contribution is -2.33. The smallest absolute Gasteiger partial charge is 0.331 e. The number of amides is 1. The molecule has 0 saturated carbocycles. The molecular formula is C12H22N2O7. The highest BCUT2D eigenvalue weighted by molar-refractivity contribution is 5.78. The Hall–Kier alpha value is -1.71. The summed E-state index contributed by atoms with van der Waals surface area (Å²) in [6, 6.07) is -1.03. The molecule has 1 unspecified atom stereocenters. The number of methoxy groups -OCH3 is 1. The zero-order chi connectivity index (χ0) is 16.1. The fraction of sp³-hybridized carbons (Fsp3) is 0.750. The van der Waals surface area contributed by atoms with Crippen molar-refractivity contribution in [3.8, 4) is 0 Å². The Morgan fingerprint density at radius 1 is 1.19 bits per heavy atom. The van der Waals surface area contributed by atoms with Gasteiger partial charge in [-0.05, 0) is 6.42 Å². The number of rotatable bonds is 12. The lowest BCUT2D eigenvalue weighted by atomic mass is 10.1. The van der Waals surface area contributed by atoms with Crippen molar-refractivity contribution < 1.29 is 33.7 Å². The zero-order valence-corrected chi connectivity index (χ0v) is 12.0. The molecule has 0 bridgehead atoms.